The fraction of sp³-hybridized carbons (Fsp3) is 0.182. The van der Waals surface area contributed by atoms with Crippen molar-refractivity contribution in [1.82, 2.24) is 4.98 Å². The Hall–Kier alpha value is -1.46. The van der Waals surface area contributed by atoms with Crippen LogP contribution in [0.2, 0.25) is 0 Å². The summed E-state index contributed by atoms with van der Waals surface area (Å²) < 4.78 is 30.1. The molecule has 1 heterocycles. The van der Waals surface area contributed by atoms with Gasteiger partial charge >= 0.3 is 0 Å². The lowest BCUT2D eigenvalue weighted by Crippen LogP contribution is -2.03. The monoisotopic (exact) mass is 237 g/mol. The van der Waals surface area contributed by atoms with E-state index in [-0.39, 0.29) is 0 Å². The van der Waals surface area contributed by atoms with Gasteiger partial charge in [-0.15, -0.1) is 0 Å². The molecule has 0 fully saturated rings. The third-order valence-electron chi connectivity index (χ3n) is 2.23. The van der Waals surface area contributed by atoms with E-state index in [2.05, 4.69) is 4.98 Å². The lowest BCUT2D eigenvalue weighted by molar-refractivity contribution is 0.481. The Labute approximate surface area is 93.7 Å². The molecule has 0 radical (unpaired) electrons. The van der Waals surface area contributed by atoms with Crippen LogP contribution in [0.1, 0.15) is 11.3 Å². The van der Waals surface area contributed by atoms with E-state index < -0.39 is 15.9 Å². The molecule has 0 saturated carbocycles. The van der Waals surface area contributed by atoms with Crippen molar-refractivity contribution in [2.75, 3.05) is 0 Å². The maximum absolute atomic E-state index is 10.7. The van der Waals surface area contributed by atoms with Crippen molar-refractivity contribution in [2.45, 2.75) is 12.7 Å². The second kappa shape index (κ2) is 3.84. The van der Waals surface area contributed by atoms with Gasteiger partial charge in [0.05, 0.1) is 11.2 Å². The van der Waals surface area contributed by atoms with Gasteiger partial charge in [-0.05, 0) is 25.1 Å². The molecule has 0 unspecified atom stereocenters. The molecular weight excluding hydrogens is 226 g/mol. The molecule has 1 N–H and O–H groups in total. The molecule has 16 heavy (non-hydrogen) atoms. The van der Waals surface area contributed by atoms with E-state index in [1.54, 1.807) is 12.1 Å². The predicted molar refractivity (Wildman–Crippen MR) is 61.7 cm³/mol. The predicted octanol–water partition coefficient (Wildman–Crippen LogP) is 1.93. The van der Waals surface area contributed by atoms with Crippen molar-refractivity contribution in [1.29, 1.82) is 0 Å². The molecule has 1 aromatic carbocycles. The van der Waals surface area contributed by atoms with Crippen LogP contribution in [0.15, 0.2) is 30.3 Å². The Bertz CT molecular complexity index is 635. The van der Waals surface area contributed by atoms with Crippen LogP contribution in [-0.4, -0.2) is 18.0 Å². The summed E-state index contributed by atoms with van der Waals surface area (Å²) in [7, 11) is -4.02. The van der Waals surface area contributed by atoms with Gasteiger partial charge in [-0.1, -0.05) is 17.7 Å². The van der Waals surface area contributed by atoms with Gasteiger partial charge in [0.15, 0.2) is 0 Å². The summed E-state index contributed by atoms with van der Waals surface area (Å²) in [4.78, 5) is 4.16. The summed E-state index contributed by atoms with van der Waals surface area (Å²) in [5, 5.41) is 0.957. The van der Waals surface area contributed by atoms with Crippen LogP contribution in [0, 0.1) is 6.92 Å². The van der Waals surface area contributed by atoms with Gasteiger partial charge < -0.3 is 0 Å². The topological polar surface area (TPSA) is 67.3 Å². The lowest BCUT2D eigenvalue weighted by atomic mass is 10.1. The molecule has 0 aliphatic rings. The average Bonchev–Trinajstić information content (AvgIpc) is 2.16. The fourth-order valence-electron chi connectivity index (χ4n) is 1.55. The van der Waals surface area contributed by atoms with Crippen LogP contribution in [0.25, 0.3) is 10.9 Å². The zero-order chi connectivity index (χ0) is 11.8. The van der Waals surface area contributed by atoms with E-state index in [4.69, 9.17) is 4.55 Å². The molecule has 2 rings (SSSR count). The van der Waals surface area contributed by atoms with E-state index in [0.29, 0.717) is 5.69 Å². The quantitative estimate of drug-likeness (QED) is 0.810. The van der Waals surface area contributed by atoms with Crippen molar-refractivity contribution < 1.29 is 13.0 Å². The lowest BCUT2D eigenvalue weighted by Gasteiger charge is -2.02. The van der Waals surface area contributed by atoms with Crippen molar-refractivity contribution >= 4 is 21.0 Å². The van der Waals surface area contributed by atoms with Crippen LogP contribution in [0.3, 0.4) is 0 Å². The Kier molecular flexibility index (Phi) is 2.65. The van der Waals surface area contributed by atoms with E-state index in [1.165, 1.54) is 0 Å². The van der Waals surface area contributed by atoms with Crippen LogP contribution in [0.4, 0.5) is 0 Å². The second-order valence-electron chi connectivity index (χ2n) is 3.72. The Morgan fingerprint density at radius 2 is 2.00 bits per heavy atom. The molecule has 0 spiro atoms. The molecule has 0 saturated heterocycles. The molecule has 0 amide bonds. The smallest absolute Gasteiger partial charge is 0.270 e. The number of aromatic nitrogens is 1. The minimum absolute atomic E-state index is 0.346. The standard InChI is InChI=1S/C11H11NO3S/c1-8-2-5-11-9(6-8)3-4-10(12-11)7-16(13,14)15/h2-6H,7H2,1H3,(H,13,14,15). The van der Waals surface area contributed by atoms with Gasteiger partial charge in [-0.3, -0.25) is 9.54 Å². The number of hydrogen-bond donors (Lipinski definition) is 1. The number of hydrogen-bond acceptors (Lipinski definition) is 3. The van der Waals surface area contributed by atoms with E-state index >= 15 is 0 Å². The normalized spacial score (nSPS) is 11.9. The summed E-state index contributed by atoms with van der Waals surface area (Å²) in [6.07, 6.45) is 0. The minimum atomic E-state index is -4.02. The minimum Gasteiger partial charge on any atom is -0.285 e. The molecule has 2 aromatic rings. The first-order valence-electron chi connectivity index (χ1n) is 4.75. The van der Waals surface area contributed by atoms with Gasteiger partial charge in [0.2, 0.25) is 0 Å². The molecule has 0 bridgehead atoms. The van der Waals surface area contributed by atoms with Crippen molar-refractivity contribution in [2.24, 2.45) is 0 Å². The highest BCUT2D eigenvalue weighted by Gasteiger charge is 2.08. The molecule has 84 valence electrons. The maximum atomic E-state index is 10.7. The first-order chi connectivity index (χ1) is 7.44. The van der Waals surface area contributed by atoms with Gasteiger partial charge in [-0.2, -0.15) is 8.42 Å². The molecular formula is C11H11NO3S. The first kappa shape index (κ1) is 11.0. The highest BCUT2D eigenvalue weighted by Crippen LogP contribution is 2.15. The fourth-order valence-corrected chi connectivity index (χ4v) is 2.09. The number of pyridine rings is 1. The Morgan fingerprint density at radius 3 is 2.69 bits per heavy atom. The van der Waals surface area contributed by atoms with E-state index in [0.717, 1.165) is 16.5 Å². The van der Waals surface area contributed by atoms with Crippen LogP contribution in [-0.2, 0) is 15.9 Å². The van der Waals surface area contributed by atoms with Crippen LogP contribution >= 0.6 is 0 Å². The van der Waals surface area contributed by atoms with Gasteiger partial charge in [0.25, 0.3) is 10.1 Å². The number of rotatable bonds is 2. The zero-order valence-corrected chi connectivity index (χ0v) is 9.53. The third kappa shape index (κ3) is 2.56. The number of nitrogens with zero attached hydrogens (tertiary/aromatic N) is 1. The van der Waals surface area contributed by atoms with Crippen LogP contribution in [0.5, 0.6) is 0 Å². The van der Waals surface area contributed by atoms with Gasteiger partial charge in [-0.25, -0.2) is 0 Å². The van der Waals surface area contributed by atoms with Crippen molar-refractivity contribution in [3.05, 3.63) is 41.6 Å². The first-order valence-corrected chi connectivity index (χ1v) is 6.36. The summed E-state index contributed by atoms with van der Waals surface area (Å²) in [5.74, 6) is -0.448. The molecule has 4 nitrogen and oxygen atoms in total. The van der Waals surface area contributed by atoms with Crippen molar-refractivity contribution in [3.8, 4) is 0 Å². The van der Waals surface area contributed by atoms with Crippen molar-refractivity contribution in [3.63, 3.8) is 0 Å². The van der Waals surface area contributed by atoms with Gasteiger partial charge in [0.1, 0.15) is 5.75 Å². The molecule has 0 aliphatic carbocycles. The zero-order valence-electron chi connectivity index (χ0n) is 8.71. The number of benzene rings is 1. The Morgan fingerprint density at radius 1 is 1.25 bits per heavy atom. The highest BCUT2D eigenvalue weighted by atomic mass is 32.2. The van der Waals surface area contributed by atoms with Crippen LogP contribution < -0.4 is 0 Å². The van der Waals surface area contributed by atoms with E-state index in [9.17, 15) is 8.42 Å². The summed E-state index contributed by atoms with van der Waals surface area (Å²) in [6, 6.07) is 9.12. The maximum Gasteiger partial charge on any atom is 0.270 e. The summed E-state index contributed by atoms with van der Waals surface area (Å²) in [6.45, 7) is 1.98. The highest BCUT2D eigenvalue weighted by molar-refractivity contribution is 7.85. The van der Waals surface area contributed by atoms with Gasteiger partial charge in [0, 0.05) is 5.39 Å². The summed E-state index contributed by atoms with van der Waals surface area (Å²) >= 11 is 0. The average molecular weight is 237 g/mol. The SMILES string of the molecule is Cc1ccc2nc(CS(=O)(=O)O)ccc2c1. The number of fused-ring (bicyclic) bond motifs is 1. The second-order valence-corrected chi connectivity index (χ2v) is 5.18. The van der Waals surface area contributed by atoms with E-state index in [1.807, 2.05) is 25.1 Å². The molecule has 1 aromatic heterocycles. The molecule has 0 atom stereocenters. The largest absolute Gasteiger partial charge is 0.285 e. The molecule has 0 aliphatic heterocycles. The number of aryl methyl sites for hydroxylation is 1. The third-order valence-corrected chi connectivity index (χ3v) is 2.89. The summed E-state index contributed by atoms with van der Waals surface area (Å²) in [5.41, 5.74) is 2.20. The molecule has 5 heteroatoms. The Balaban J connectivity index is 2.49.